The van der Waals surface area contributed by atoms with Gasteiger partial charge in [-0.3, -0.25) is 4.99 Å². The maximum absolute atomic E-state index is 6.34. The van der Waals surface area contributed by atoms with Crippen molar-refractivity contribution < 1.29 is 4.42 Å². The summed E-state index contributed by atoms with van der Waals surface area (Å²) in [6.45, 7) is 0. The molecule has 2 unspecified atom stereocenters. The monoisotopic (exact) mass is 697 g/mol. The molecule has 9 aromatic rings. The van der Waals surface area contributed by atoms with E-state index < -0.39 is 0 Å². The van der Waals surface area contributed by atoms with Crippen LogP contribution in [0.2, 0.25) is 0 Å². The van der Waals surface area contributed by atoms with Gasteiger partial charge in [0.05, 0.1) is 22.8 Å². The molecule has 2 aliphatic rings. The number of aromatic nitrogens is 1. The Morgan fingerprint density at radius 3 is 2.23 bits per heavy atom. The standard InChI is InChI=1S/C48H31N3OS/c1-2-11-30(12-3-1)40-28-41(51-48(50-40)31-23-21-29(22-24-31)34-25-26-36-35-15-5-8-19-42(35)52-46(34)36)32-13-10-14-33(27-32)45-44-38-17-6-9-20-43(38)53-47(44)37-16-4-7-18-39(37)49-45/h1-28,34,48,50H. The van der Waals surface area contributed by atoms with Crippen LogP contribution in [-0.2, 0) is 0 Å². The van der Waals surface area contributed by atoms with Crippen LogP contribution in [-0.4, -0.2) is 10.7 Å². The van der Waals surface area contributed by atoms with Crippen LogP contribution in [0.4, 0.5) is 0 Å². The van der Waals surface area contributed by atoms with Gasteiger partial charge in [-0.25, -0.2) is 4.98 Å². The molecule has 2 atom stereocenters. The smallest absolute Gasteiger partial charge is 0.145 e. The van der Waals surface area contributed by atoms with Crippen molar-refractivity contribution in [3.8, 4) is 11.3 Å². The molecule has 4 nitrogen and oxygen atoms in total. The zero-order valence-electron chi connectivity index (χ0n) is 28.5. The van der Waals surface area contributed by atoms with Crippen molar-refractivity contribution in [2.75, 3.05) is 0 Å². The van der Waals surface area contributed by atoms with Gasteiger partial charge in [-0.15, -0.1) is 11.3 Å². The second kappa shape index (κ2) is 12.0. The summed E-state index contributed by atoms with van der Waals surface area (Å²) in [6.07, 6.45) is 6.35. The first-order chi connectivity index (χ1) is 26.2. The Morgan fingerprint density at radius 2 is 1.34 bits per heavy atom. The Bertz CT molecular complexity index is 2990. The second-order valence-electron chi connectivity index (χ2n) is 13.7. The third-order valence-corrected chi connectivity index (χ3v) is 11.8. The zero-order chi connectivity index (χ0) is 34.9. The molecule has 0 spiro atoms. The number of rotatable bonds is 5. The lowest BCUT2D eigenvalue weighted by Gasteiger charge is -2.25. The number of hydrogen-bond acceptors (Lipinski definition) is 5. The molecule has 53 heavy (non-hydrogen) atoms. The summed E-state index contributed by atoms with van der Waals surface area (Å²) in [4.78, 5) is 10.7. The topological polar surface area (TPSA) is 50.4 Å². The highest BCUT2D eigenvalue weighted by Crippen LogP contribution is 2.44. The number of benzene rings is 6. The van der Waals surface area contributed by atoms with Crippen LogP contribution in [0.3, 0.4) is 0 Å². The summed E-state index contributed by atoms with van der Waals surface area (Å²) in [6, 6.07) is 53.5. The summed E-state index contributed by atoms with van der Waals surface area (Å²) >= 11 is 1.84. The first kappa shape index (κ1) is 30.1. The Labute approximate surface area is 310 Å². The van der Waals surface area contributed by atoms with E-state index in [4.69, 9.17) is 14.4 Å². The molecule has 6 aromatic carbocycles. The predicted octanol–water partition coefficient (Wildman–Crippen LogP) is 12.3. The SMILES string of the molecule is C1=CC(c2ccc(C3N=C(c4cccc(-c5nc6ccccc6c6sc7ccccc7c56)c4)C=C(c4ccccc4)N3)cc2)c2oc3ccccc3c21. The van der Waals surface area contributed by atoms with E-state index in [2.05, 4.69) is 163 Å². The number of allylic oxidation sites excluding steroid dienone is 2. The maximum atomic E-state index is 6.34. The van der Waals surface area contributed by atoms with Crippen LogP contribution in [0.25, 0.3) is 65.1 Å². The lowest BCUT2D eigenvalue weighted by atomic mass is 9.95. The van der Waals surface area contributed by atoms with Crippen molar-refractivity contribution in [3.63, 3.8) is 0 Å². The fraction of sp³-hybridized carbons (Fsp3) is 0.0417. The van der Waals surface area contributed by atoms with E-state index in [9.17, 15) is 0 Å². The number of furan rings is 1. The van der Waals surface area contributed by atoms with Crippen molar-refractivity contribution in [2.24, 2.45) is 4.99 Å². The third kappa shape index (κ3) is 4.96. The highest BCUT2D eigenvalue weighted by Gasteiger charge is 2.27. The average molecular weight is 698 g/mol. The lowest BCUT2D eigenvalue weighted by molar-refractivity contribution is 0.548. The maximum Gasteiger partial charge on any atom is 0.145 e. The molecule has 3 aromatic heterocycles. The van der Waals surface area contributed by atoms with Crippen LogP contribution in [0, 0.1) is 0 Å². The highest BCUT2D eigenvalue weighted by atomic mass is 32.1. The van der Waals surface area contributed by atoms with E-state index in [1.54, 1.807) is 0 Å². The van der Waals surface area contributed by atoms with Gasteiger partial charge in [0.2, 0.25) is 0 Å². The van der Waals surface area contributed by atoms with Gasteiger partial charge in [0.1, 0.15) is 17.5 Å². The van der Waals surface area contributed by atoms with Crippen molar-refractivity contribution in [1.82, 2.24) is 10.3 Å². The summed E-state index contributed by atoms with van der Waals surface area (Å²) in [5.74, 6) is 1.10. The van der Waals surface area contributed by atoms with Gasteiger partial charge < -0.3 is 9.73 Å². The summed E-state index contributed by atoms with van der Waals surface area (Å²) in [5.41, 5.74) is 11.6. The van der Waals surface area contributed by atoms with Gasteiger partial charge >= 0.3 is 0 Å². The molecular formula is C48H31N3OS. The molecule has 0 saturated heterocycles. The van der Waals surface area contributed by atoms with Crippen LogP contribution in [0.15, 0.2) is 173 Å². The highest BCUT2D eigenvalue weighted by molar-refractivity contribution is 7.26. The molecule has 1 N–H and O–H groups in total. The number of para-hydroxylation sites is 2. The summed E-state index contributed by atoms with van der Waals surface area (Å²) < 4.78 is 8.89. The minimum absolute atomic E-state index is 0.0860. The summed E-state index contributed by atoms with van der Waals surface area (Å²) in [7, 11) is 0. The molecule has 250 valence electrons. The normalized spacial score (nSPS) is 16.6. The molecule has 4 heterocycles. The number of aliphatic imine (C=N–C) groups is 1. The van der Waals surface area contributed by atoms with E-state index in [0.29, 0.717) is 0 Å². The van der Waals surface area contributed by atoms with Crippen LogP contribution < -0.4 is 5.32 Å². The van der Waals surface area contributed by atoms with Crippen LogP contribution in [0.1, 0.15) is 45.7 Å². The molecule has 11 rings (SSSR count). The molecule has 0 bridgehead atoms. The number of thiophene rings is 1. The molecule has 0 amide bonds. The molecule has 0 fully saturated rings. The zero-order valence-corrected chi connectivity index (χ0v) is 29.3. The Morgan fingerprint density at radius 1 is 0.623 bits per heavy atom. The van der Waals surface area contributed by atoms with Gasteiger partial charge in [0.15, 0.2) is 0 Å². The lowest BCUT2D eigenvalue weighted by Crippen LogP contribution is -2.24. The van der Waals surface area contributed by atoms with Crippen LogP contribution in [0.5, 0.6) is 0 Å². The van der Waals surface area contributed by atoms with E-state index in [1.165, 1.54) is 42.1 Å². The molecule has 0 saturated carbocycles. The van der Waals surface area contributed by atoms with Crippen molar-refractivity contribution in [3.05, 3.63) is 197 Å². The predicted molar refractivity (Wildman–Crippen MR) is 220 cm³/mol. The van der Waals surface area contributed by atoms with E-state index in [-0.39, 0.29) is 12.1 Å². The molecule has 5 heteroatoms. The molecule has 0 radical (unpaired) electrons. The third-order valence-electron chi connectivity index (χ3n) is 10.6. The Kier molecular flexibility index (Phi) is 6.82. The molecule has 1 aliphatic heterocycles. The summed E-state index contributed by atoms with van der Waals surface area (Å²) in [5, 5.41) is 8.55. The number of nitrogens with one attached hydrogen (secondary N) is 1. The van der Waals surface area contributed by atoms with Gasteiger partial charge in [0.25, 0.3) is 0 Å². The van der Waals surface area contributed by atoms with Crippen molar-refractivity contribution in [1.29, 1.82) is 0 Å². The van der Waals surface area contributed by atoms with E-state index >= 15 is 0 Å². The van der Waals surface area contributed by atoms with Gasteiger partial charge in [-0.1, -0.05) is 140 Å². The number of pyridine rings is 1. The fourth-order valence-corrected chi connectivity index (χ4v) is 9.23. The Hall–Kier alpha value is -6.56. The molecule has 1 aliphatic carbocycles. The van der Waals surface area contributed by atoms with Gasteiger partial charge in [-0.2, -0.15) is 0 Å². The molecular weight excluding hydrogens is 667 g/mol. The minimum atomic E-state index is -0.268. The number of fused-ring (bicyclic) bond motifs is 8. The minimum Gasteiger partial charge on any atom is -0.459 e. The average Bonchev–Trinajstić information content (AvgIpc) is 3.93. The Balaban J connectivity index is 1.00. The number of hydrogen-bond donors (Lipinski definition) is 1. The van der Waals surface area contributed by atoms with E-state index in [0.717, 1.165) is 56.2 Å². The first-order valence-corrected chi connectivity index (χ1v) is 18.8. The van der Waals surface area contributed by atoms with E-state index in [1.807, 2.05) is 23.5 Å². The number of nitrogens with zero attached hydrogens (tertiary/aromatic N) is 2. The van der Waals surface area contributed by atoms with Crippen molar-refractivity contribution >= 4 is 70.9 Å². The van der Waals surface area contributed by atoms with Gasteiger partial charge in [-0.05, 0) is 47.0 Å². The van der Waals surface area contributed by atoms with Crippen molar-refractivity contribution in [2.45, 2.75) is 12.1 Å². The quantitative estimate of drug-likeness (QED) is 0.195. The second-order valence-corrected chi connectivity index (χ2v) is 14.8. The first-order valence-electron chi connectivity index (χ1n) is 18.0. The fourth-order valence-electron chi connectivity index (χ4n) is 7.99. The largest absolute Gasteiger partial charge is 0.459 e. The van der Waals surface area contributed by atoms with Gasteiger partial charge in [0, 0.05) is 53.3 Å². The van der Waals surface area contributed by atoms with Crippen LogP contribution >= 0.6 is 11.3 Å².